The average molecular weight is 476 g/mol. The van der Waals surface area contributed by atoms with Crippen molar-refractivity contribution in [3.05, 3.63) is 93.7 Å². The molecule has 0 fully saturated rings. The second-order valence-electron chi connectivity index (χ2n) is 7.87. The predicted molar refractivity (Wildman–Crippen MR) is 133 cm³/mol. The molecule has 0 unspecified atom stereocenters. The third kappa shape index (κ3) is 4.25. The standard InChI is InChI=1S/C26H19Cl2N3O2/c1-14-6-7-16(12-19(14)27)23-8-9-24(33-23)26(32)29-18-5-3-4-17(11-18)25-30-21-10-15(2)20(28)13-22(21)31-25/h3-13H,1-2H3,(H,29,32)(H,30,31). The Kier molecular flexibility index (Phi) is 5.44. The molecule has 0 radical (unpaired) electrons. The number of nitrogens with zero attached hydrogens (tertiary/aromatic N) is 1. The second-order valence-corrected chi connectivity index (χ2v) is 8.68. The third-order valence-corrected chi connectivity index (χ3v) is 6.26. The summed E-state index contributed by atoms with van der Waals surface area (Å²) >= 11 is 12.4. The number of fused-ring (bicyclic) bond motifs is 1. The summed E-state index contributed by atoms with van der Waals surface area (Å²) < 4.78 is 5.77. The number of imidazole rings is 1. The molecule has 0 spiro atoms. The maximum atomic E-state index is 12.8. The number of aromatic amines is 1. The molecule has 0 bridgehead atoms. The lowest BCUT2D eigenvalue weighted by Gasteiger charge is -2.05. The molecule has 1 amide bonds. The van der Waals surface area contributed by atoms with E-state index in [-0.39, 0.29) is 11.7 Å². The summed E-state index contributed by atoms with van der Waals surface area (Å²) in [5.74, 6) is 1.14. The van der Waals surface area contributed by atoms with Crippen molar-refractivity contribution in [2.45, 2.75) is 13.8 Å². The van der Waals surface area contributed by atoms with Crippen molar-refractivity contribution >= 4 is 45.8 Å². The number of furan rings is 1. The van der Waals surface area contributed by atoms with Crippen LogP contribution in [0.2, 0.25) is 10.0 Å². The minimum Gasteiger partial charge on any atom is -0.451 e. The van der Waals surface area contributed by atoms with E-state index in [1.165, 1.54) is 0 Å². The molecular weight excluding hydrogens is 457 g/mol. The molecule has 0 saturated carbocycles. The first-order valence-corrected chi connectivity index (χ1v) is 11.1. The summed E-state index contributed by atoms with van der Waals surface area (Å²) in [5.41, 5.74) is 5.93. The number of carbonyl (C=O) groups excluding carboxylic acids is 1. The van der Waals surface area contributed by atoms with Gasteiger partial charge in [0, 0.05) is 26.9 Å². The lowest BCUT2D eigenvalue weighted by Crippen LogP contribution is -2.10. The van der Waals surface area contributed by atoms with Crippen LogP contribution in [0.4, 0.5) is 5.69 Å². The van der Waals surface area contributed by atoms with E-state index >= 15 is 0 Å². The summed E-state index contributed by atoms with van der Waals surface area (Å²) in [6.45, 7) is 3.88. The minimum atomic E-state index is -0.344. The van der Waals surface area contributed by atoms with Gasteiger partial charge in [-0.3, -0.25) is 4.79 Å². The van der Waals surface area contributed by atoms with E-state index in [0.717, 1.165) is 33.3 Å². The topological polar surface area (TPSA) is 70.9 Å². The van der Waals surface area contributed by atoms with Gasteiger partial charge < -0.3 is 14.7 Å². The number of anilines is 1. The van der Waals surface area contributed by atoms with Gasteiger partial charge in [0.15, 0.2) is 5.76 Å². The molecule has 164 valence electrons. The van der Waals surface area contributed by atoms with Crippen molar-refractivity contribution < 1.29 is 9.21 Å². The van der Waals surface area contributed by atoms with Crippen molar-refractivity contribution in [2.24, 2.45) is 0 Å². The molecule has 7 heteroatoms. The molecule has 2 heterocycles. The Morgan fingerprint density at radius 3 is 2.55 bits per heavy atom. The van der Waals surface area contributed by atoms with Crippen molar-refractivity contribution in [1.29, 1.82) is 0 Å². The largest absolute Gasteiger partial charge is 0.451 e. The SMILES string of the molecule is Cc1ccc(-c2ccc(C(=O)Nc3cccc(-c4nc5cc(Cl)c(C)cc5[nH]4)c3)o2)cc1Cl. The monoisotopic (exact) mass is 475 g/mol. The fraction of sp³-hybridized carbons (Fsp3) is 0.0769. The van der Waals surface area contributed by atoms with Crippen LogP contribution in [0.1, 0.15) is 21.7 Å². The van der Waals surface area contributed by atoms with Crippen molar-refractivity contribution in [1.82, 2.24) is 9.97 Å². The average Bonchev–Trinajstić information content (AvgIpc) is 3.44. The van der Waals surface area contributed by atoms with Gasteiger partial charge in [-0.15, -0.1) is 0 Å². The van der Waals surface area contributed by atoms with Gasteiger partial charge in [0.05, 0.1) is 11.0 Å². The molecule has 5 rings (SSSR count). The molecule has 0 aliphatic rings. The van der Waals surface area contributed by atoms with Crippen LogP contribution < -0.4 is 5.32 Å². The number of rotatable bonds is 4. The molecule has 5 aromatic rings. The summed E-state index contributed by atoms with van der Waals surface area (Å²) in [6.07, 6.45) is 0. The summed E-state index contributed by atoms with van der Waals surface area (Å²) in [7, 11) is 0. The molecule has 0 saturated heterocycles. The lowest BCUT2D eigenvalue weighted by atomic mass is 10.1. The zero-order valence-corrected chi connectivity index (χ0v) is 19.4. The Labute approximate surface area is 200 Å². The molecule has 0 aliphatic carbocycles. The molecule has 0 atom stereocenters. The fourth-order valence-electron chi connectivity index (χ4n) is 3.57. The highest BCUT2D eigenvalue weighted by atomic mass is 35.5. The number of aromatic nitrogens is 2. The maximum absolute atomic E-state index is 12.8. The van der Waals surface area contributed by atoms with Crippen LogP contribution in [0, 0.1) is 13.8 Å². The number of hydrogen-bond donors (Lipinski definition) is 2. The van der Waals surface area contributed by atoms with Crippen LogP contribution in [-0.2, 0) is 0 Å². The van der Waals surface area contributed by atoms with E-state index < -0.39 is 0 Å². The van der Waals surface area contributed by atoms with Gasteiger partial charge in [0.1, 0.15) is 11.6 Å². The molecule has 2 aromatic heterocycles. The number of carbonyl (C=O) groups is 1. The van der Waals surface area contributed by atoms with E-state index in [0.29, 0.717) is 27.3 Å². The zero-order chi connectivity index (χ0) is 23.1. The molecular formula is C26H19Cl2N3O2. The van der Waals surface area contributed by atoms with Crippen LogP contribution in [-0.4, -0.2) is 15.9 Å². The maximum Gasteiger partial charge on any atom is 0.291 e. The highest BCUT2D eigenvalue weighted by molar-refractivity contribution is 6.32. The van der Waals surface area contributed by atoms with Crippen LogP contribution in [0.15, 0.2) is 71.1 Å². The van der Waals surface area contributed by atoms with Gasteiger partial charge in [-0.25, -0.2) is 4.98 Å². The van der Waals surface area contributed by atoms with Gasteiger partial charge in [-0.2, -0.15) is 0 Å². The first kappa shape index (κ1) is 21.3. The summed E-state index contributed by atoms with van der Waals surface area (Å²) in [5, 5.41) is 4.21. The summed E-state index contributed by atoms with van der Waals surface area (Å²) in [4.78, 5) is 20.7. The molecule has 3 aromatic carbocycles. The van der Waals surface area contributed by atoms with Crippen LogP contribution >= 0.6 is 23.2 Å². The number of amides is 1. The Bertz CT molecular complexity index is 1480. The quantitative estimate of drug-likeness (QED) is 0.280. The first-order chi connectivity index (χ1) is 15.9. The van der Waals surface area contributed by atoms with Gasteiger partial charge >= 0.3 is 0 Å². The highest BCUT2D eigenvalue weighted by Gasteiger charge is 2.14. The van der Waals surface area contributed by atoms with Crippen molar-refractivity contribution in [3.63, 3.8) is 0 Å². The Hall–Kier alpha value is -3.54. The predicted octanol–water partition coefficient (Wildman–Crippen LogP) is 7.67. The number of halogens is 2. The van der Waals surface area contributed by atoms with Gasteiger partial charge in [-0.05, 0) is 67.4 Å². The first-order valence-electron chi connectivity index (χ1n) is 10.3. The van der Waals surface area contributed by atoms with E-state index in [9.17, 15) is 4.79 Å². The van der Waals surface area contributed by atoms with Crippen LogP contribution in [0.5, 0.6) is 0 Å². The normalized spacial score (nSPS) is 11.2. The van der Waals surface area contributed by atoms with E-state index in [1.807, 2.05) is 68.4 Å². The summed E-state index contributed by atoms with van der Waals surface area (Å²) in [6, 6.07) is 20.3. The Balaban J connectivity index is 1.37. The number of H-pyrrole nitrogens is 1. The Morgan fingerprint density at radius 2 is 1.73 bits per heavy atom. The van der Waals surface area contributed by atoms with Crippen LogP contribution in [0.3, 0.4) is 0 Å². The number of benzene rings is 3. The van der Waals surface area contributed by atoms with E-state index in [4.69, 9.17) is 27.6 Å². The molecule has 33 heavy (non-hydrogen) atoms. The number of nitrogens with one attached hydrogen (secondary N) is 2. The number of aryl methyl sites for hydroxylation is 2. The van der Waals surface area contributed by atoms with Gasteiger partial charge in [0.2, 0.25) is 0 Å². The fourth-order valence-corrected chi connectivity index (χ4v) is 3.91. The van der Waals surface area contributed by atoms with E-state index in [1.54, 1.807) is 12.1 Å². The zero-order valence-electron chi connectivity index (χ0n) is 17.9. The van der Waals surface area contributed by atoms with Gasteiger partial charge in [0.25, 0.3) is 5.91 Å². The second kappa shape index (κ2) is 8.43. The lowest BCUT2D eigenvalue weighted by molar-refractivity contribution is 0.0997. The van der Waals surface area contributed by atoms with Crippen LogP contribution in [0.25, 0.3) is 33.7 Å². The molecule has 0 aliphatic heterocycles. The molecule has 2 N–H and O–H groups in total. The smallest absolute Gasteiger partial charge is 0.291 e. The van der Waals surface area contributed by atoms with Crippen molar-refractivity contribution in [2.75, 3.05) is 5.32 Å². The number of hydrogen-bond acceptors (Lipinski definition) is 3. The highest BCUT2D eigenvalue weighted by Crippen LogP contribution is 2.29. The molecule has 5 nitrogen and oxygen atoms in total. The van der Waals surface area contributed by atoms with E-state index in [2.05, 4.69) is 15.3 Å². The minimum absolute atomic E-state index is 0.209. The Morgan fingerprint density at radius 1 is 0.909 bits per heavy atom. The van der Waals surface area contributed by atoms with Gasteiger partial charge in [-0.1, -0.05) is 47.5 Å². The third-order valence-electron chi connectivity index (χ3n) is 5.44. The van der Waals surface area contributed by atoms with Crippen molar-refractivity contribution in [3.8, 4) is 22.7 Å².